The van der Waals surface area contributed by atoms with E-state index in [1.165, 1.54) is 0 Å². The van der Waals surface area contributed by atoms with E-state index in [0.717, 1.165) is 6.04 Å². The molecule has 0 radical (unpaired) electrons. The van der Waals surface area contributed by atoms with Crippen LogP contribution in [0.25, 0.3) is 0 Å². The third-order valence-corrected chi connectivity index (χ3v) is 5.92. The molecule has 2 rings (SSSR count). The van der Waals surface area contributed by atoms with E-state index in [9.17, 15) is 19.8 Å². The molecule has 0 aliphatic heterocycles. The van der Waals surface area contributed by atoms with Gasteiger partial charge in [0, 0.05) is 19.9 Å². The van der Waals surface area contributed by atoms with Gasteiger partial charge in [0.25, 0.3) is 0 Å². The fourth-order valence-electron chi connectivity index (χ4n) is 3.02. The van der Waals surface area contributed by atoms with Gasteiger partial charge in [-0.15, -0.1) is 0 Å². The molecule has 21 heavy (non-hydrogen) atoms. The van der Waals surface area contributed by atoms with Gasteiger partial charge < -0.3 is 20.3 Å². The summed E-state index contributed by atoms with van der Waals surface area (Å²) in [6.07, 6.45) is 2.17. The quantitative estimate of drug-likeness (QED) is 0.525. The lowest BCUT2D eigenvalue weighted by Gasteiger charge is -2.25. The number of hydrogen-bond acceptors (Lipinski definition) is 4. The van der Waals surface area contributed by atoms with Crippen molar-refractivity contribution in [1.29, 1.82) is 0 Å². The molecule has 7 heteroatoms. The van der Waals surface area contributed by atoms with Crippen LogP contribution in [-0.4, -0.2) is 49.1 Å². The Hall–Kier alpha value is -1.34. The zero-order valence-corrected chi connectivity index (χ0v) is 13.6. The van der Waals surface area contributed by atoms with E-state index in [-0.39, 0.29) is 5.92 Å². The number of aliphatic carboxylic acids is 1. The predicted octanol–water partition coefficient (Wildman–Crippen LogP) is 1.30. The number of aliphatic hydroxyl groups excluding tert-OH is 1. The number of alkyl carbamates (subject to hydrolysis) is 1. The lowest BCUT2D eigenvalue weighted by Crippen LogP contribution is -2.46. The molecule has 3 unspecified atom stereocenters. The molecule has 5 atom stereocenters. The van der Waals surface area contributed by atoms with Crippen LogP contribution in [0.2, 0.25) is 25.7 Å². The second-order valence-electron chi connectivity index (χ2n) is 7.01. The number of carbonyl (C=O) groups is 2. The number of rotatable bonds is 5. The first-order valence-corrected chi connectivity index (χ1v) is 10.9. The van der Waals surface area contributed by atoms with Crippen LogP contribution in [0.15, 0.2) is 12.2 Å². The summed E-state index contributed by atoms with van der Waals surface area (Å²) >= 11 is 0. The van der Waals surface area contributed by atoms with Crippen molar-refractivity contribution in [3.05, 3.63) is 12.2 Å². The first-order valence-electron chi connectivity index (χ1n) is 7.23. The van der Waals surface area contributed by atoms with E-state index in [2.05, 4.69) is 25.0 Å². The first-order chi connectivity index (χ1) is 9.70. The fourth-order valence-corrected chi connectivity index (χ4v) is 3.73. The van der Waals surface area contributed by atoms with Crippen LogP contribution in [0, 0.1) is 17.8 Å². The number of fused-ring (bicyclic) bond motifs is 2. The Bertz CT molecular complexity index is 459. The van der Waals surface area contributed by atoms with Crippen molar-refractivity contribution in [3.63, 3.8) is 0 Å². The van der Waals surface area contributed by atoms with Gasteiger partial charge in [-0.05, 0) is 6.04 Å². The Morgan fingerprint density at radius 3 is 2.43 bits per heavy atom. The standard InChI is InChI=1S/C14H23NO5Si/c1-21(2,3)7-6-20-14(19)15-11-9-5-4-8(12(9)16)10(11)13(17)18/h4-5,8-12,16H,6-7H2,1-3H3,(H,15,19)(H,17,18)/t8?,9?,10-,11+,12?/m0/s1. The maximum absolute atomic E-state index is 11.8. The molecule has 2 aliphatic carbocycles. The number of ether oxygens (including phenoxy) is 1. The van der Waals surface area contributed by atoms with Crippen LogP contribution in [-0.2, 0) is 9.53 Å². The topological polar surface area (TPSA) is 95.9 Å². The maximum atomic E-state index is 11.8. The van der Waals surface area contributed by atoms with Crippen molar-refractivity contribution >= 4 is 20.1 Å². The Kier molecular flexibility index (Phi) is 4.43. The van der Waals surface area contributed by atoms with Gasteiger partial charge in [0.1, 0.15) is 0 Å². The minimum absolute atomic E-state index is 0.346. The SMILES string of the molecule is C[Si](C)(C)CCOC(=O)N[C@@H]1C2C=CC(C2O)[C@@H]1C(=O)O. The summed E-state index contributed by atoms with van der Waals surface area (Å²) in [6, 6.07) is 0.258. The second-order valence-corrected chi connectivity index (χ2v) is 12.6. The van der Waals surface area contributed by atoms with Gasteiger partial charge in [-0.2, -0.15) is 0 Å². The molecule has 1 amide bonds. The van der Waals surface area contributed by atoms with Crippen molar-refractivity contribution < 1.29 is 24.5 Å². The Balaban J connectivity index is 1.91. The molecular formula is C14H23NO5Si. The molecule has 118 valence electrons. The van der Waals surface area contributed by atoms with Crippen molar-refractivity contribution in [3.8, 4) is 0 Å². The van der Waals surface area contributed by atoms with Gasteiger partial charge in [-0.25, -0.2) is 4.79 Å². The number of carboxylic acid groups (broad SMARTS) is 1. The predicted molar refractivity (Wildman–Crippen MR) is 79.7 cm³/mol. The molecule has 3 N–H and O–H groups in total. The zero-order chi connectivity index (χ0) is 15.8. The molecule has 0 heterocycles. The number of carbonyl (C=O) groups excluding carboxylic acids is 1. The highest BCUT2D eigenvalue weighted by molar-refractivity contribution is 6.76. The summed E-state index contributed by atoms with van der Waals surface area (Å²) in [6.45, 7) is 6.90. The van der Waals surface area contributed by atoms with Gasteiger partial charge in [-0.1, -0.05) is 31.8 Å². The monoisotopic (exact) mass is 313 g/mol. The van der Waals surface area contributed by atoms with Gasteiger partial charge >= 0.3 is 12.1 Å². The second kappa shape index (κ2) is 5.80. The van der Waals surface area contributed by atoms with E-state index in [4.69, 9.17) is 4.74 Å². The van der Waals surface area contributed by atoms with Gasteiger partial charge in [0.2, 0.25) is 0 Å². The number of carboxylic acids is 1. The third-order valence-electron chi connectivity index (χ3n) is 4.22. The highest BCUT2D eigenvalue weighted by atomic mass is 28.3. The van der Waals surface area contributed by atoms with Crippen LogP contribution in [0.5, 0.6) is 0 Å². The largest absolute Gasteiger partial charge is 0.481 e. The highest BCUT2D eigenvalue weighted by Gasteiger charge is 2.55. The maximum Gasteiger partial charge on any atom is 0.407 e. The summed E-state index contributed by atoms with van der Waals surface area (Å²) in [5.41, 5.74) is 0. The zero-order valence-electron chi connectivity index (χ0n) is 12.6. The molecular weight excluding hydrogens is 290 g/mol. The van der Waals surface area contributed by atoms with Crippen LogP contribution >= 0.6 is 0 Å². The molecule has 0 aromatic rings. The van der Waals surface area contributed by atoms with E-state index >= 15 is 0 Å². The molecule has 6 nitrogen and oxygen atoms in total. The van der Waals surface area contributed by atoms with Crippen LogP contribution < -0.4 is 5.32 Å². The van der Waals surface area contributed by atoms with Crippen LogP contribution in [0.1, 0.15) is 0 Å². The Morgan fingerprint density at radius 2 is 1.86 bits per heavy atom. The molecule has 1 saturated carbocycles. The smallest absolute Gasteiger partial charge is 0.407 e. The molecule has 0 aromatic carbocycles. The lowest BCUT2D eigenvalue weighted by atomic mass is 9.89. The average Bonchev–Trinajstić information content (AvgIpc) is 2.81. The molecule has 2 bridgehead atoms. The molecule has 0 saturated heterocycles. The first kappa shape index (κ1) is 16.0. The summed E-state index contributed by atoms with van der Waals surface area (Å²) < 4.78 is 5.14. The molecule has 0 spiro atoms. The van der Waals surface area contributed by atoms with Crippen molar-refractivity contribution in [2.45, 2.75) is 37.8 Å². The van der Waals surface area contributed by atoms with Crippen molar-refractivity contribution in [2.75, 3.05) is 6.61 Å². The molecule has 1 fully saturated rings. The van der Waals surface area contributed by atoms with E-state index in [1.54, 1.807) is 12.2 Å². The normalized spacial score (nSPS) is 34.0. The van der Waals surface area contributed by atoms with Crippen molar-refractivity contribution in [2.24, 2.45) is 17.8 Å². The highest BCUT2D eigenvalue weighted by Crippen LogP contribution is 2.44. The van der Waals surface area contributed by atoms with Gasteiger partial charge in [0.15, 0.2) is 0 Å². The number of amides is 1. The fraction of sp³-hybridized carbons (Fsp3) is 0.714. The summed E-state index contributed by atoms with van der Waals surface area (Å²) in [7, 11) is -1.27. The third kappa shape index (κ3) is 3.46. The summed E-state index contributed by atoms with van der Waals surface area (Å²) in [5, 5.41) is 21.9. The average molecular weight is 313 g/mol. The number of aliphatic hydroxyl groups is 1. The minimum Gasteiger partial charge on any atom is -0.481 e. The van der Waals surface area contributed by atoms with E-state index < -0.39 is 44.1 Å². The molecule has 0 aromatic heterocycles. The van der Waals surface area contributed by atoms with Gasteiger partial charge in [0.05, 0.1) is 24.7 Å². The Labute approximate surface area is 125 Å². The summed E-state index contributed by atoms with van der Waals surface area (Å²) in [5.74, 6) is -2.57. The van der Waals surface area contributed by atoms with Gasteiger partial charge in [-0.3, -0.25) is 4.79 Å². The van der Waals surface area contributed by atoms with Crippen molar-refractivity contribution in [1.82, 2.24) is 5.32 Å². The lowest BCUT2D eigenvalue weighted by molar-refractivity contribution is -0.143. The summed E-state index contributed by atoms with van der Waals surface area (Å²) in [4.78, 5) is 23.2. The Morgan fingerprint density at radius 1 is 1.24 bits per heavy atom. The van der Waals surface area contributed by atoms with E-state index in [0.29, 0.717) is 6.61 Å². The van der Waals surface area contributed by atoms with Crippen LogP contribution in [0.4, 0.5) is 4.79 Å². The minimum atomic E-state index is -1.27. The van der Waals surface area contributed by atoms with Crippen LogP contribution in [0.3, 0.4) is 0 Å². The van der Waals surface area contributed by atoms with E-state index in [1.807, 2.05) is 0 Å². The molecule has 2 aliphatic rings. The number of hydrogen-bond donors (Lipinski definition) is 3. The number of nitrogens with one attached hydrogen (secondary N) is 1.